The fourth-order valence-electron chi connectivity index (χ4n) is 3.04. The number of amides is 1. The van der Waals surface area contributed by atoms with Gasteiger partial charge < -0.3 is 14.4 Å². The Bertz CT molecular complexity index is 772. The van der Waals surface area contributed by atoms with E-state index in [4.69, 9.17) is 4.42 Å². The van der Waals surface area contributed by atoms with Gasteiger partial charge in [-0.3, -0.25) is 4.79 Å². The fraction of sp³-hybridized carbons (Fsp3) is 0.389. The molecule has 2 atom stereocenters. The quantitative estimate of drug-likeness (QED) is 0.920. The number of likely N-dealkylation sites (tertiary alicyclic amines) is 1. The van der Waals surface area contributed by atoms with Crippen molar-refractivity contribution in [3.63, 3.8) is 0 Å². The van der Waals surface area contributed by atoms with Gasteiger partial charge in [-0.2, -0.15) is 0 Å². The first-order valence-electron chi connectivity index (χ1n) is 8.16. The van der Waals surface area contributed by atoms with Crippen LogP contribution in [0.25, 0.3) is 11.5 Å². The molecule has 1 aliphatic heterocycles. The molecule has 0 bridgehead atoms. The number of carbonyl (C=O) groups excluding carboxylic acids is 1. The minimum absolute atomic E-state index is 0.0249. The Morgan fingerprint density at radius 3 is 2.76 bits per heavy atom. The summed E-state index contributed by atoms with van der Waals surface area (Å²) < 4.78 is 18.3. The van der Waals surface area contributed by atoms with Crippen LogP contribution in [0.2, 0.25) is 0 Å². The summed E-state index contributed by atoms with van der Waals surface area (Å²) in [5.74, 6) is -1.04. The van der Waals surface area contributed by atoms with Crippen LogP contribution in [-0.2, 0) is 16.0 Å². The number of oxazole rings is 1. The molecule has 1 N–H and O–H groups in total. The lowest BCUT2D eigenvalue weighted by Gasteiger charge is -2.35. The standard InChI is InChI=1S/C18H19FN2O4/c1-11-6-7-21(15(8-11)18(23)24)16(22)9-14-10-25-17(20-14)12-2-4-13(19)5-3-12/h2-5,10-11,15H,6-9H2,1H3,(H,23,24). The molecule has 0 aliphatic carbocycles. The molecule has 0 saturated carbocycles. The molecule has 2 aromatic rings. The van der Waals surface area contributed by atoms with Crippen molar-refractivity contribution in [2.75, 3.05) is 6.54 Å². The van der Waals surface area contributed by atoms with Gasteiger partial charge in [0.25, 0.3) is 0 Å². The van der Waals surface area contributed by atoms with Crippen LogP contribution < -0.4 is 0 Å². The van der Waals surface area contributed by atoms with Crippen molar-refractivity contribution in [3.05, 3.63) is 42.0 Å². The molecule has 1 saturated heterocycles. The van der Waals surface area contributed by atoms with Gasteiger partial charge in [-0.25, -0.2) is 14.2 Å². The number of nitrogens with zero attached hydrogens (tertiary/aromatic N) is 2. The second-order valence-electron chi connectivity index (χ2n) is 6.40. The lowest BCUT2D eigenvalue weighted by Crippen LogP contribution is -2.50. The van der Waals surface area contributed by atoms with E-state index in [-0.39, 0.29) is 24.1 Å². The average Bonchev–Trinajstić information content (AvgIpc) is 3.03. The lowest BCUT2D eigenvalue weighted by molar-refractivity contribution is -0.152. The molecule has 3 rings (SSSR count). The van der Waals surface area contributed by atoms with Crippen molar-refractivity contribution in [2.45, 2.75) is 32.2 Å². The Kier molecular flexibility index (Phi) is 4.83. The van der Waals surface area contributed by atoms with Gasteiger partial charge in [-0.05, 0) is 43.0 Å². The van der Waals surface area contributed by atoms with Crippen molar-refractivity contribution in [1.82, 2.24) is 9.88 Å². The van der Waals surface area contributed by atoms with Crippen LogP contribution in [0.1, 0.15) is 25.5 Å². The monoisotopic (exact) mass is 346 g/mol. The van der Waals surface area contributed by atoms with Crippen molar-refractivity contribution < 1.29 is 23.5 Å². The summed E-state index contributed by atoms with van der Waals surface area (Å²) in [6, 6.07) is 4.89. The van der Waals surface area contributed by atoms with Gasteiger partial charge in [0.05, 0.1) is 12.1 Å². The highest BCUT2D eigenvalue weighted by Crippen LogP contribution is 2.24. The van der Waals surface area contributed by atoms with E-state index in [2.05, 4.69) is 4.98 Å². The summed E-state index contributed by atoms with van der Waals surface area (Å²) in [4.78, 5) is 29.6. The number of aliphatic carboxylic acids is 1. The van der Waals surface area contributed by atoms with Crippen LogP contribution in [-0.4, -0.2) is 39.5 Å². The van der Waals surface area contributed by atoms with E-state index < -0.39 is 12.0 Å². The average molecular weight is 346 g/mol. The molecule has 0 radical (unpaired) electrons. The molecular formula is C18H19FN2O4. The third-order valence-electron chi connectivity index (χ3n) is 4.45. The van der Waals surface area contributed by atoms with Crippen LogP contribution in [0.5, 0.6) is 0 Å². The maximum Gasteiger partial charge on any atom is 0.326 e. The number of piperidine rings is 1. The van der Waals surface area contributed by atoms with E-state index in [1.165, 1.54) is 23.3 Å². The van der Waals surface area contributed by atoms with Crippen molar-refractivity contribution in [2.24, 2.45) is 5.92 Å². The Balaban J connectivity index is 1.70. The zero-order chi connectivity index (χ0) is 18.0. The van der Waals surface area contributed by atoms with Crippen molar-refractivity contribution >= 4 is 11.9 Å². The van der Waals surface area contributed by atoms with Crippen LogP contribution in [0.15, 0.2) is 34.9 Å². The van der Waals surface area contributed by atoms with E-state index in [9.17, 15) is 19.1 Å². The zero-order valence-electron chi connectivity index (χ0n) is 13.8. The van der Waals surface area contributed by atoms with Gasteiger partial charge in [0.1, 0.15) is 18.1 Å². The number of carboxylic acid groups (broad SMARTS) is 1. The van der Waals surface area contributed by atoms with E-state index >= 15 is 0 Å². The zero-order valence-corrected chi connectivity index (χ0v) is 13.8. The highest BCUT2D eigenvalue weighted by Gasteiger charge is 2.34. The van der Waals surface area contributed by atoms with Crippen LogP contribution in [0.4, 0.5) is 4.39 Å². The first-order valence-corrected chi connectivity index (χ1v) is 8.16. The number of rotatable bonds is 4. The van der Waals surface area contributed by atoms with Gasteiger partial charge in [0.15, 0.2) is 0 Å². The molecule has 2 unspecified atom stereocenters. The van der Waals surface area contributed by atoms with Gasteiger partial charge in [0.2, 0.25) is 11.8 Å². The Morgan fingerprint density at radius 2 is 2.08 bits per heavy atom. The molecule has 7 heteroatoms. The maximum atomic E-state index is 13.0. The number of halogens is 1. The van der Waals surface area contributed by atoms with Crippen molar-refractivity contribution in [3.8, 4) is 11.5 Å². The smallest absolute Gasteiger partial charge is 0.326 e. The number of hydrogen-bond acceptors (Lipinski definition) is 4. The molecule has 1 aliphatic rings. The number of hydrogen-bond donors (Lipinski definition) is 1. The maximum absolute atomic E-state index is 13.0. The summed E-state index contributed by atoms with van der Waals surface area (Å²) in [6.07, 6.45) is 2.59. The van der Waals surface area contributed by atoms with Crippen LogP contribution in [0.3, 0.4) is 0 Å². The normalized spacial score (nSPS) is 20.5. The summed E-state index contributed by atoms with van der Waals surface area (Å²) in [6.45, 7) is 2.42. The van der Waals surface area contributed by atoms with Gasteiger partial charge in [-0.15, -0.1) is 0 Å². The summed E-state index contributed by atoms with van der Waals surface area (Å²) >= 11 is 0. The Labute approximate surface area is 144 Å². The minimum Gasteiger partial charge on any atom is -0.480 e. The predicted molar refractivity (Wildman–Crippen MR) is 87.1 cm³/mol. The molecule has 6 nitrogen and oxygen atoms in total. The van der Waals surface area contributed by atoms with E-state index in [1.807, 2.05) is 6.92 Å². The number of carbonyl (C=O) groups is 2. The van der Waals surface area contributed by atoms with Crippen LogP contribution in [0, 0.1) is 11.7 Å². The number of aromatic nitrogens is 1. The molecule has 1 amide bonds. The second kappa shape index (κ2) is 7.04. The first kappa shape index (κ1) is 17.1. The Morgan fingerprint density at radius 1 is 1.36 bits per heavy atom. The molecule has 25 heavy (non-hydrogen) atoms. The second-order valence-corrected chi connectivity index (χ2v) is 6.40. The third kappa shape index (κ3) is 3.87. The predicted octanol–water partition coefficient (Wildman–Crippen LogP) is 2.73. The SMILES string of the molecule is CC1CCN(C(=O)Cc2coc(-c3ccc(F)cc3)n2)C(C(=O)O)C1. The fourth-order valence-corrected chi connectivity index (χ4v) is 3.04. The summed E-state index contributed by atoms with van der Waals surface area (Å²) in [5.41, 5.74) is 1.03. The molecule has 2 heterocycles. The summed E-state index contributed by atoms with van der Waals surface area (Å²) in [7, 11) is 0. The number of carboxylic acids is 1. The van der Waals surface area contributed by atoms with E-state index in [0.717, 1.165) is 6.42 Å². The minimum atomic E-state index is -0.980. The molecule has 132 valence electrons. The van der Waals surface area contributed by atoms with Gasteiger partial charge in [-0.1, -0.05) is 6.92 Å². The topological polar surface area (TPSA) is 83.6 Å². The Hall–Kier alpha value is -2.70. The number of benzene rings is 1. The van der Waals surface area contributed by atoms with Crippen molar-refractivity contribution in [1.29, 1.82) is 0 Å². The molecule has 1 aromatic carbocycles. The highest BCUT2D eigenvalue weighted by molar-refractivity contribution is 5.85. The lowest BCUT2D eigenvalue weighted by atomic mass is 9.92. The molecule has 1 fully saturated rings. The van der Waals surface area contributed by atoms with Gasteiger partial charge in [0, 0.05) is 12.1 Å². The highest BCUT2D eigenvalue weighted by atomic mass is 19.1. The molecule has 0 spiro atoms. The van der Waals surface area contributed by atoms with E-state index in [0.29, 0.717) is 30.1 Å². The van der Waals surface area contributed by atoms with Crippen LogP contribution >= 0.6 is 0 Å². The molecule has 1 aromatic heterocycles. The largest absolute Gasteiger partial charge is 0.480 e. The molecular weight excluding hydrogens is 327 g/mol. The van der Waals surface area contributed by atoms with E-state index in [1.54, 1.807) is 12.1 Å². The summed E-state index contributed by atoms with van der Waals surface area (Å²) in [5, 5.41) is 9.36. The third-order valence-corrected chi connectivity index (χ3v) is 4.45. The first-order chi connectivity index (χ1) is 11.9. The van der Waals surface area contributed by atoms with Gasteiger partial charge >= 0.3 is 5.97 Å².